The summed E-state index contributed by atoms with van der Waals surface area (Å²) in [5.74, 6) is 1.11. The summed E-state index contributed by atoms with van der Waals surface area (Å²) in [6, 6.07) is 0.481. The highest BCUT2D eigenvalue weighted by atomic mass is 32.1. The Bertz CT molecular complexity index is 625. The van der Waals surface area contributed by atoms with E-state index in [0.717, 1.165) is 48.9 Å². The van der Waals surface area contributed by atoms with Gasteiger partial charge in [0.25, 0.3) is 0 Å². The lowest BCUT2D eigenvalue weighted by Gasteiger charge is -2.30. The molecule has 146 valence electrons. The van der Waals surface area contributed by atoms with Crippen molar-refractivity contribution < 1.29 is 4.79 Å². The number of aryl methyl sites for hydroxylation is 2. The number of amides is 1. The monoisotopic (exact) mass is 379 g/mol. The molecule has 7 heteroatoms. The topological polar surface area (TPSA) is 78.4 Å². The summed E-state index contributed by atoms with van der Waals surface area (Å²) in [5.41, 5.74) is 1.06. The number of nitrogens with one attached hydrogen (secondary N) is 3. The molecule has 1 aliphatic rings. The van der Waals surface area contributed by atoms with E-state index in [1.54, 1.807) is 11.3 Å². The first-order valence-electron chi connectivity index (χ1n) is 9.67. The predicted octanol–water partition coefficient (Wildman–Crippen LogP) is 2.90. The minimum atomic E-state index is 0.0953. The van der Waals surface area contributed by atoms with Crippen LogP contribution < -0.4 is 16.0 Å². The van der Waals surface area contributed by atoms with Gasteiger partial charge in [0, 0.05) is 29.4 Å². The third-order valence-corrected chi connectivity index (χ3v) is 5.60. The standard InChI is InChI=1S/C19H33N5OS/c1-6-20-19(21-11-17-13(4)23-14(5)26-17)24-16-9-7-8-15(10-16)18(25)22-12(2)3/h12,15-16H,6-11H2,1-5H3,(H,22,25)(H2,20,21,24). The Morgan fingerprint density at radius 2 is 2.12 bits per heavy atom. The Balaban J connectivity index is 1.96. The maximum absolute atomic E-state index is 12.3. The summed E-state index contributed by atoms with van der Waals surface area (Å²) < 4.78 is 0. The summed E-state index contributed by atoms with van der Waals surface area (Å²) in [5, 5.41) is 11.0. The number of rotatable bonds is 6. The lowest BCUT2D eigenvalue weighted by Crippen LogP contribution is -2.47. The normalized spacial score (nSPS) is 20.9. The molecule has 1 fully saturated rings. The molecular weight excluding hydrogens is 346 g/mol. The van der Waals surface area contributed by atoms with Crippen molar-refractivity contribution in [2.24, 2.45) is 10.9 Å². The number of aliphatic imine (C=N–C) groups is 1. The van der Waals surface area contributed by atoms with Gasteiger partial charge in [0.2, 0.25) is 5.91 Å². The molecule has 0 aliphatic heterocycles. The number of thiazole rings is 1. The molecule has 1 aliphatic carbocycles. The van der Waals surface area contributed by atoms with Gasteiger partial charge in [-0.1, -0.05) is 6.42 Å². The highest BCUT2D eigenvalue weighted by Crippen LogP contribution is 2.25. The van der Waals surface area contributed by atoms with Gasteiger partial charge in [-0.25, -0.2) is 9.98 Å². The van der Waals surface area contributed by atoms with Crippen LogP contribution in [0.4, 0.5) is 0 Å². The Hall–Kier alpha value is -1.63. The number of guanidine groups is 1. The molecule has 1 saturated carbocycles. The molecule has 0 radical (unpaired) electrons. The fraction of sp³-hybridized carbons (Fsp3) is 0.737. The van der Waals surface area contributed by atoms with Gasteiger partial charge in [-0.3, -0.25) is 4.79 Å². The van der Waals surface area contributed by atoms with Gasteiger partial charge < -0.3 is 16.0 Å². The second-order valence-electron chi connectivity index (χ2n) is 7.30. The van der Waals surface area contributed by atoms with Crippen molar-refractivity contribution in [3.05, 3.63) is 15.6 Å². The number of aromatic nitrogens is 1. The second-order valence-corrected chi connectivity index (χ2v) is 8.59. The zero-order chi connectivity index (χ0) is 19.1. The Kier molecular flexibility index (Phi) is 7.87. The van der Waals surface area contributed by atoms with E-state index < -0.39 is 0 Å². The van der Waals surface area contributed by atoms with Gasteiger partial charge in [-0.15, -0.1) is 11.3 Å². The van der Waals surface area contributed by atoms with E-state index in [4.69, 9.17) is 4.99 Å². The lowest BCUT2D eigenvalue weighted by atomic mass is 9.85. The molecule has 26 heavy (non-hydrogen) atoms. The molecule has 2 atom stereocenters. The average Bonchev–Trinajstić information content (AvgIpc) is 2.90. The van der Waals surface area contributed by atoms with E-state index in [0.29, 0.717) is 6.54 Å². The van der Waals surface area contributed by atoms with Crippen LogP contribution in [-0.4, -0.2) is 35.5 Å². The molecule has 0 bridgehead atoms. The van der Waals surface area contributed by atoms with Crippen LogP contribution in [0.15, 0.2) is 4.99 Å². The Morgan fingerprint density at radius 3 is 2.73 bits per heavy atom. The van der Waals surface area contributed by atoms with E-state index in [1.165, 1.54) is 4.88 Å². The molecule has 3 N–H and O–H groups in total. The fourth-order valence-corrected chi connectivity index (χ4v) is 4.21. The first kappa shape index (κ1) is 20.7. The predicted molar refractivity (Wildman–Crippen MR) is 109 cm³/mol. The van der Waals surface area contributed by atoms with E-state index in [9.17, 15) is 4.79 Å². The highest BCUT2D eigenvalue weighted by molar-refractivity contribution is 7.11. The number of hydrogen-bond donors (Lipinski definition) is 3. The van der Waals surface area contributed by atoms with E-state index in [2.05, 4.69) is 27.9 Å². The molecule has 1 aromatic rings. The fourth-order valence-electron chi connectivity index (χ4n) is 3.35. The first-order valence-corrected chi connectivity index (χ1v) is 10.5. The van der Waals surface area contributed by atoms with Crippen LogP contribution in [0.3, 0.4) is 0 Å². The minimum absolute atomic E-state index is 0.0953. The highest BCUT2D eigenvalue weighted by Gasteiger charge is 2.28. The first-order chi connectivity index (χ1) is 12.4. The van der Waals surface area contributed by atoms with Crippen LogP contribution in [0.25, 0.3) is 0 Å². The average molecular weight is 380 g/mol. The van der Waals surface area contributed by atoms with Crippen molar-refractivity contribution in [1.82, 2.24) is 20.9 Å². The molecular formula is C19H33N5OS. The quantitative estimate of drug-likeness (QED) is 0.525. The van der Waals surface area contributed by atoms with Gasteiger partial charge in [0.15, 0.2) is 5.96 Å². The van der Waals surface area contributed by atoms with E-state index in [1.807, 2.05) is 27.7 Å². The summed E-state index contributed by atoms with van der Waals surface area (Å²) >= 11 is 1.70. The summed E-state index contributed by atoms with van der Waals surface area (Å²) in [6.45, 7) is 11.6. The number of carbonyl (C=O) groups excluding carboxylic acids is 1. The Labute approximate surface area is 161 Å². The lowest BCUT2D eigenvalue weighted by molar-refractivity contribution is -0.126. The van der Waals surface area contributed by atoms with Crippen LogP contribution in [0.2, 0.25) is 0 Å². The van der Waals surface area contributed by atoms with Gasteiger partial charge in [-0.05, 0) is 53.9 Å². The molecule has 1 aromatic heterocycles. The molecule has 0 aromatic carbocycles. The van der Waals surface area contributed by atoms with Crippen LogP contribution in [0, 0.1) is 19.8 Å². The third-order valence-electron chi connectivity index (χ3n) is 4.54. The number of carbonyl (C=O) groups is 1. The third kappa shape index (κ3) is 6.27. The number of hydrogen-bond acceptors (Lipinski definition) is 4. The molecule has 1 heterocycles. The van der Waals surface area contributed by atoms with Gasteiger partial charge in [-0.2, -0.15) is 0 Å². The van der Waals surface area contributed by atoms with Crippen molar-refractivity contribution in [3.63, 3.8) is 0 Å². The van der Waals surface area contributed by atoms with E-state index >= 15 is 0 Å². The van der Waals surface area contributed by atoms with Crippen LogP contribution >= 0.6 is 11.3 Å². The maximum Gasteiger partial charge on any atom is 0.223 e. The number of nitrogens with zero attached hydrogens (tertiary/aromatic N) is 2. The van der Waals surface area contributed by atoms with Crippen molar-refractivity contribution in [2.75, 3.05) is 6.54 Å². The molecule has 1 amide bonds. The van der Waals surface area contributed by atoms with Crippen molar-refractivity contribution in [1.29, 1.82) is 0 Å². The molecule has 2 rings (SSSR count). The van der Waals surface area contributed by atoms with Crippen LogP contribution in [0.5, 0.6) is 0 Å². The van der Waals surface area contributed by atoms with Crippen molar-refractivity contribution in [3.8, 4) is 0 Å². The van der Waals surface area contributed by atoms with Crippen LogP contribution in [0.1, 0.15) is 62.0 Å². The maximum atomic E-state index is 12.3. The molecule has 0 saturated heterocycles. The zero-order valence-electron chi connectivity index (χ0n) is 16.7. The minimum Gasteiger partial charge on any atom is -0.357 e. The van der Waals surface area contributed by atoms with E-state index in [-0.39, 0.29) is 23.9 Å². The smallest absolute Gasteiger partial charge is 0.223 e. The van der Waals surface area contributed by atoms with Gasteiger partial charge >= 0.3 is 0 Å². The Morgan fingerprint density at radius 1 is 1.35 bits per heavy atom. The second kappa shape index (κ2) is 9.90. The van der Waals surface area contributed by atoms with Gasteiger partial charge in [0.05, 0.1) is 17.2 Å². The van der Waals surface area contributed by atoms with Crippen molar-refractivity contribution in [2.45, 2.75) is 78.9 Å². The van der Waals surface area contributed by atoms with Gasteiger partial charge in [0.1, 0.15) is 0 Å². The summed E-state index contributed by atoms with van der Waals surface area (Å²) in [6.07, 6.45) is 3.99. The zero-order valence-corrected chi connectivity index (χ0v) is 17.5. The molecule has 0 spiro atoms. The molecule has 2 unspecified atom stereocenters. The van der Waals surface area contributed by atoms with Crippen molar-refractivity contribution >= 4 is 23.2 Å². The SMILES string of the molecule is CCNC(=NCc1sc(C)nc1C)NC1CCCC(C(=O)NC(C)C)C1. The van der Waals surface area contributed by atoms with Crippen LogP contribution in [-0.2, 0) is 11.3 Å². The molecule has 6 nitrogen and oxygen atoms in total. The summed E-state index contributed by atoms with van der Waals surface area (Å²) in [4.78, 5) is 22.7. The summed E-state index contributed by atoms with van der Waals surface area (Å²) in [7, 11) is 0. The largest absolute Gasteiger partial charge is 0.357 e.